The van der Waals surface area contributed by atoms with Crippen molar-refractivity contribution in [1.29, 1.82) is 0 Å². The van der Waals surface area contributed by atoms with E-state index in [1.165, 1.54) is 0 Å². The molecule has 0 saturated heterocycles. The molecule has 2 aromatic rings. The van der Waals surface area contributed by atoms with Crippen LogP contribution >= 0.6 is 51.3 Å². The fourth-order valence-electron chi connectivity index (χ4n) is 1.44. The summed E-state index contributed by atoms with van der Waals surface area (Å²) >= 11 is 20.6. The van der Waals surface area contributed by atoms with Crippen LogP contribution in [0.5, 0.6) is 0 Å². The third kappa shape index (κ3) is 4.35. The molecule has 0 spiro atoms. The number of anilines is 2. The molecule has 0 heterocycles. The lowest BCUT2D eigenvalue weighted by Gasteiger charge is -2.12. The Labute approximate surface area is 135 Å². The third-order valence-electron chi connectivity index (χ3n) is 2.26. The molecule has 0 radical (unpaired) electrons. The molecule has 0 atom stereocenters. The van der Waals surface area contributed by atoms with Crippen molar-refractivity contribution in [2.24, 2.45) is 0 Å². The minimum Gasteiger partial charge on any atom is -0.332 e. The lowest BCUT2D eigenvalue weighted by molar-refractivity contribution is 1.58. The summed E-state index contributed by atoms with van der Waals surface area (Å²) in [6.07, 6.45) is 0. The summed E-state index contributed by atoms with van der Waals surface area (Å²) in [5, 5.41) is 7.67. The second-order valence-corrected chi connectivity index (χ2v) is 5.88. The first-order valence-corrected chi connectivity index (χ1v) is 7.29. The molecule has 2 nitrogen and oxygen atoms in total. The second-order valence-electron chi connectivity index (χ2n) is 3.71. The van der Waals surface area contributed by atoms with Crippen LogP contribution in [0.1, 0.15) is 0 Å². The van der Waals surface area contributed by atoms with Crippen LogP contribution in [0.2, 0.25) is 10.0 Å². The first-order chi connectivity index (χ1) is 9.04. The SMILES string of the molecule is S=C(Nc1cccc(Br)c1)Nc1cc(Cl)ccc1Cl. The highest BCUT2D eigenvalue weighted by Gasteiger charge is 2.04. The maximum atomic E-state index is 6.05. The molecule has 6 heteroatoms. The quantitative estimate of drug-likeness (QED) is 0.671. The number of halogens is 3. The first-order valence-electron chi connectivity index (χ1n) is 5.33. The van der Waals surface area contributed by atoms with Gasteiger partial charge < -0.3 is 10.6 Å². The zero-order valence-electron chi connectivity index (χ0n) is 9.58. The average Bonchev–Trinajstić information content (AvgIpc) is 2.34. The lowest BCUT2D eigenvalue weighted by Crippen LogP contribution is -2.19. The largest absolute Gasteiger partial charge is 0.332 e. The minimum absolute atomic E-state index is 0.447. The number of hydrogen-bond donors (Lipinski definition) is 2. The highest BCUT2D eigenvalue weighted by atomic mass is 79.9. The van der Waals surface area contributed by atoms with Gasteiger partial charge in [0.25, 0.3) is 0 Å². The van der Waals surface area contributed by atoms with Crippen molar-refractivity contribution in [3.8, 4) is 0 Å². The fraction of sp³-hybridized carbons (Fsp3) is 0. The maximum absolute atomic E-state index is 6.05. The van der Waals surface area contributed by atoms with E-state index < -0.39 is 0 Å². The van der Waals surface area contributed by atoms with Gasteiger partial charge in [-0.25, -0.2) is 0 Å². The highest BCUT2D eigenvalue weighted by molar-refractivity contribution is 9.10. The molecular formula is C13H9BrCl2N2S. The van der Waals surface area contributed by atoms with Crippen molar-refractivity contribution in [3.63, 3.8) is 0 Å². The van der Waals surface area contributed by atoms with E-state index in [1.54, 1.807) is 18.2 Å². The first kappa shape index (κ1) is 14.6. The van der Waals surface area contributed by atoms with Crippen molar-refractivity contribution >= 4 is 67.8 Å². The number of benzene rings is 2. The van der Waals surface area contributed by atoms with Crippen LogP contribution in [-0.2, 0) is 0 Å². The van der Waals surface area contributed by atoms with E-state index in [0.29, 0.717) is 20.8 Å². The van der Waals surface area contributed by atoms with Crippen LogP contribution in [0.3, 0.4) is 0 Å². The summed E-state index contributed by atoms with van der Waals surface area (Å²) in [6.45, 7) is 0. The van der Waals surface area contributed by atoms with Gasteiger partial charge >= 0.3 is 0 Å². The smallest absolute Gasteiger partial charge is 0.175 e. The van der Waals surface area contributed by atoms with Gasteiger partial charge in [0.1, 0.15) is 0 Å². The second kappa shape index (κ2) is 6.57. The van der Waals surface area contributed by atoms with Gasteiger partial charge in [-0.15, -0.1) is 0 Å². The van der Waals surface area contributed by atoms with Crippen LogP contribution in [0.25, 0.3) is 0 Å². The van der Waals surface area contributed by atoms with Crippen molar-refractivity contribution < 1.29 is 0 Å². The predicted molar refractivity (Wildman–Crippen MR) is 90.4 cm³/mol. The van der Waals surface area contributed by atoms with E-state index in [1.807, 2.05) is 24.3 Å². The molecule has 2 aromatic carbocycles. The number of thiocarbonyl (C=S) groups is 1. The normalized spacial score (nSPS) is 10.1. The summed E-state index contributed by atoms with van der Waals surface area (Å²) in [5.41, 5.74) is 1.55. The third-order valence-corrected chi connectivity index (χ3v) is 3.52. The van der Waals surface area contributed by atoms with Crippen molar-refractivity contribution in [3.05, 3.63) is 57.0 Å². The Bertz CT molecular complexity index is 619. The standard InChI is InChI=1S/C13H9BrCl2N2S/c14-8-2-1-3-10(6-8)17-13(19)18-12-7-9(15)4-5-11(12)16/h1-7H,(H2,17,18,19). The van der Waals surface area contributed by atoms with Gasteiger partial charge in [0.2, 0.25) is 0 Å². The topological polar surface area (TPSA) is 24.1 Å². The van der Waals surface area contributed by atoms with Gasteiger partial charge in [0, 0.05) is 15.2 Å². The summed E-state index contributed by atoms with van der Waals surface area (Å²) in [5.74, 6) is 0. The molecule has 0 bridgehead atoms. The molecule has 0 aliphatic heterocycles. The molecule has 2 rings (SSSR count). The molecule has 0 amide bonds. The molecule has 0 aliphatic rings. The molecule has 0 aromatic heterocycles. The number of rotatable bonds is 2. The molecular weight excluding hydrogens is 367 g/mol. The Kier molecular flexibility index (Phi) is 5.05. The molecule has 0 saturated carbocycles. The molecule has 0 fully saturated rings. The fourth-order valence-corrected chi connectivity index (χ4v) is 2.41. The van der Waals surface area contributed by atoms with E-state index in [4.69, 9.17) is 35.4 Å². The summed E-state index contributed by atoms with van der Waals surface area (Å²) in [7, 11) is 0. The van der Waals surface area contributed by atoms with E-state index in [9.17, 15) is 0 Å². The Morgan fingerprint density at radius 3 is 2.58 bits per heavy atom. The van der Waals surface area contributed by atoms with Crippen LogP contribution in [0, 0.1) is 0 Å². The van der Waals surface area contributed by atoms with Gasteiger partial charge in [-0.1, -0.05) is 45.2 Å². The monoisotopic (exact) mass is 374 g/mol. The van der Waals surface area contributed by atoms with Crippen LogP contribution < -0.4 is 10.6 Å². The van der Waals surface area contributed by atoms with Crippen molar-refractivity contribution in [2.75, 3.05) is 10.6 Å². The Hall–Kier alpha value is -0.810. The van der Waals surface area contributed by atoms with Gasteiger partial charge in [0.05, 0.1) is 10.7 Å². The molecule has 0 unspecified atom stereocenters. The Morgan fingerprint density at radius 2 is 1.84 bits per heavy atom. The van der Waals surface area contributed by atoms with E-state index in [2.05, 4.69) is 26.6 Å². The maximum Gasteiger partial charge on any atom is 0.175 e. The molecule has 98 valence electrons. The van der Waals surface area contributed by atoms with Gasteiger partial charge in [-0.3, -0.25) is 0 Å². The summed E-state index contributed by atoms with van der Waals surface area (Å²) in [4.78, 5) is 0. The molecule has 19 heavy (non-hydrogen) atoms. The van der Waals surface area contributed by atoms with Crippen LogP contribution in [0.15, 0.2) is 46.9 Å². The Balaban J connectivity index is 2.07. The summed E-state index contributed by atoms with van der Waals surface area (Å²) < 4.78 is 0.973. The van der Waals surface area contributed by atoms with E-state index >= 15 is 0 Å². The zero-order valence-corrected chi connectivity index (χ0v) is 13.5. The predicted octanol–water partition coefficient (Wildman–Crippen LogP) is 5.56. The average molecular weight is 376 g/mol. The van der Waals surface area contributed by atoms with Gasteiger partial charge in [-0.05, 0) is 48.6 Å². The Morgan fingerprint density at radius 1 is 1.05 bits per heavy atom. The van der Waals surface area contributed by atoms with Crippen molar-refractivity contribution in [1.82, 2.24) is 0 Å². The van der Waals surface area contributed by atoms with Crippen LogP contribution in [-0.4, -0.2) is 5.11 Å². The van der Waals surface area contributed by atoms with Gasteiger partial charge in [0.15, 0.2) is 5.11 Å². The zero-order chi connectivity index (χ0) is 13.8. The van der Waals surface area contributed by atoms with E-state index in [0.717, 1.165) is 10.2 Å². The molecule has 2 N–H and O–H groups in total. The lowest BCUT2D eigenvalue weighted by atomic mass is 10.3. The van der Waals surface area contributed by atoms with Crippen LogP contribution in [0.4, 0.5) is 11.4 Å². The van der Waals surface area contributed by atoms with Gasteiger partial charge in [-0.2, -0.15) is 0 Å². The molecule has 0 aliphatic carbocycles. The summed E-state index contributed by atoms with van der Waals surface area (Å²) in [6, 6.07) is 12.9. The minimum atomic E-state index is 0.447. The van der Waals surface area contributed by atoms with Crippen molar-refractivity contribution in [2.45, 2.75) is 0 Å². The highest BCUT2D eigenvalue weighted by Crippen LogP contribution is 2.25. The number of nitrogens with one attached hydrogen (secondary N) is 2. The number of hydrogen-bond acceptors (Lipinski definition) is 1. The van der Waals surface area contributed by atoms with E-state index in [-0.39, 0.29) is 0 Å².